The van der Waals surface area contributed by atoms with Crippen LogP contribution in [0.3, 0.4) is 0 Å². The molecule has 0 fully saturated rings. The van der Waals surface area contributed by atoms with Crippen LogP contribution in [0.2, 0.25) is 10.0 Å². The molecule has 1 atom stereocenters. The number of ether oxygens (including phenoxy) is 1. The van der Waals surface area contributed by atoms with Gasteiger partial charge in [0.05, 0.1) is 5.02 Å². The van der Waals surface area contributed by atoms with E-state index in [2.05, 4.69) is 6.92 Å². The van der Waals surface area contributed by atoms with Gasteiger partial charge in [0.1, 0.15) is 10.8 Å². The molecule has 0 heterocycles. The first kappa shape index (κ1) is 21.4. The molecule has 25 heavy (non-hydrogen) atoms. The van der Waals surface area contributed by atoms with Gasteiger partial charge in [-0.15, -0.1) is 0 Å². The number of benzene rings is 1. The summed E-state index contributed by atoms with van der Waals surface area (Å²) in [5, 5.41) is 9.33. The zero-order valence-corrected chi connectivity index (χ0v) is 14.8. The van der Waals surface area contributed by atoms with Gasteiger partial charge in [-0.05, 0) is 42.5 Å². The van der Waals surface area contributed by atoms with Gasteiger partial charge in [0.25, 0.3) is 0 Å². The zero-order chi connectivity index (χ0) is 17.5. The Morgan fingerprint density at radius 1 is 1.36 bits per heavy atom. The van der Waals surface area contributed by atoms with E-state index in [4.69, 9.17) is 33.0 Å². The molecule has 0 amide bonds. The molecule has 0 spiro atoms. The molecule has 7 heteroatoms. The van der Waals surface area contributed by atoms with E-state index in [9.17, 15) is 9.59 Å². The van der Waals surface area contributed by atoms with Crippen LogP contribution in [0.25, 0.3) is 5.57 Å². The monoisotopic (exact) mass is 408 g/mol. The minimum atomic E-state index is -1.08. The molecule has 2 aliphatic rings. The third-order valence-electron chi connectivity index (χ3n) is 4.86. The van der Waals surface area contributed by atoms with Crippen molar-refractivity contribution < 1.29 is 19.4 Å². The second-order valence-electron chi connectivity index (χ2n) is 6.45. The molecule has 2 aliphatic carbocycles. The van der Waals surface area contributed by atoms with Gasteiger partial charge in [-0.3, -0.25) is 4.79 Å². The Kier molecular flexibility index (Phi) is 7.22. The molecule has 130 valence electrons. The summed E-state index contributed by atoms with van der Waals surface area (Å²) < 4.78 is 5.27. The second kappa shape index (κ2) is 8.42. The summed E-state index contributed by atoms with van der Waals surface area (Å²) >= 11 is 12.8. The number of hydrogen-bond acceptors (Lipinski definition) is 3. The molecule has 1 aromatic rings. The first-order chi connectivity index (χ1) is 11.4. The van der Waals surface area contributed by atoms with Crippen LogP contribution in [0, 0.1) is 5.41 Å². The van der Waals surface area contributed by atoms with Gasteiger partial charge < -0.3 is 9.84 Å². The van der Waals surface area contributed by atoms with Gasteiger partial charge in [-0.25, -0.2) is 4.79 Å². The number of hydrogen-bond donors (Lipinski definition) is 1. The summed E-state index contributed by atoms with van der Waals surface area (Å²) in [6.45, 7) is 1.65. The molecule has 1 unspecified atom stereocenters. The van der Waals surface area contributed by atoms with Gasteiger partial charge in [0.15, 0.2) is 12.4 Å². The van der Waals surface area contributed by atoms with Crippen molar-refractivity contribution >= 4 is 91.9 Å². The van der Waals surface area contributed by atoms with E-state index >= 15 is 0 Å². The Labute approximate surface area is 199 Å². The maximum absolute atomic E-state index is 12.0. The number of ketones is 1. The molecule has 0 bridgehead atoms. The van der Waals surface area contributed by atoms with Crippen molar-refractivity contribution in [2.24, 2.45) is 5.41 Å². The number of carboxylic acid groups (broad SMARTS) is 1. The minimum absolute atomic E-state index is 0. The summed E-state index contributed by atoms with van der Waals surface area (Å²) in [5.74, 6) is -0.685. The van der Waals surface area contributed by atoms with Gasteiger partial charge in [0.2, 0.25) is 0 Å². The number of allylic oxidation sites excluding steroid dienone is 2. The molecule has 1 aromatic carbocycles. The first-order valence-corrected chi connectivity index (χ1v) is 8.74. The van der Waals surface area contributed by atoms with Crippen molar-refractivity contribution in [1.29, 1.82) is 0 Å². The average Bonchev–Trinajstić information content (AvgIpc) is 2.83. The summed E-state index contributed by atoms with van der Waals surface area (Å²) in [6.07, 6.45) is 5.82. The number of carboxylic acids is 1. The number of carbonyl (C=O) groups is 2. The van der Waals surface area contributed by atoms with E-state index in [1.165, 1.54) is 0 Å². The Hall–Kier alpha value is 0.116. The third kappa shape index (κ3) is 4.03. The number of fused-ring (bicyclic) bond motifs is 3. The quantitative estimate of drug-likeness (QED) is 0.750. The fourth-order valence-electron chi connectivity index (χ4n) is 3.92. The third-order valence-corrected chi connectivity index (χ3v) is 5.71. The Balaban J connectivity index is 0.00000225. The van der Waals surface area contributed by atoms with Crippen LogP contribution in [0.1, 0.15) is 43.7 Å². The Morgan fingerprint density at radius 2 is 2.08 bits per heavy atom. The number of carbonyl (C=O) groups excluding carboxylic acids is 1. The Bertz CT molecular complexity index is 760. The van der Waals surface area contributed by atoms with Gasteiger partial charge in [0, 0.05) is 17.4 Å². The molecule has 0 saturated carbocycles. The van der Waals surface area contributed by atoms with Gasteiger partial charge in [-0.2, -0.15) is 0 Å². The SMILES string of the molecule is CCCC12CCC(=O)C=C1c1c(cc(OCC(=O)O)c(Cl)c1Cl)C2.[KH]. The van der Waals surface area contributed by atoms with E-state index in [1.807, 2.05) is 0 Å². The van der Waals surface area contributed by atoms with Gasteiger partial charge in [-0.1, -0.05) is 36.5 Å². The fourth-order valence-corrected chi connectivity index (χ4v) is 4.44. The summed E-state index contributed by atoms with van der Waals surface area (Å²) in [4.78, 5) is 22.7. The first-order valence-electron chi connectivity index (χ1n) is 7.99. The van der Waals surface area contributed by atoms with E-state index in [0.29, 0.717) is 11.4 Å². The summed E-state index contributed by atoms with van der Waals surface area (Å²) in [5.41, 5.74) is 2.70. The molecule has 0 aliphatic heterocycles. The van der Waals surface area contributed by atoms with Crippen molar-refractivity contribution in [2.75, 3.05) is 6.61 Å². The molecule has 0 radical (unpaired) electrons. The van der Waals surface area contributed by atoms with E-state index in [1.54, 1.807) is 12.1 Å². The van der Waals surface area contributed by atoms with Crippen LogP contribution in [-0.4, -0.2) is 74.9 Å². The molecule has 4 nitrogen and oxygen atoms in total. The summed E-state index contributed by atoms with van der Waals surface area (Å²) in [7, 11) is 0. The molecular weight excluding hydrogens is 390 g/mol. The van der Waals surface area contributed by atoms with Crippen molar-refractivity contribution in [2.45, 2.75) is 39.0 Å². The second-order valence-corrected chi connectivity index (χ2v) is 7.21. The number of aliphatic carboxylic acids is 1. The topological polar surface area (TPSA) is 63.6 Å². The molecular formula is C18H19Cl2KO4. The van der Waals surface area contributed by atoms with Crippen LogP contribution in [-0.2, 0) is 16.0 Å². The fraction of sp³-hybridized carbons (Fsp3) is 0.444. The van der Waals surface area contributed by atoms with Gasteiger partial charge >= 0.3 is 57.4 Å². The predicted molar refractivity (Wildman–Crippen MR) is 100 cm³/mol. The maximum atomic E-state index is 12.0. The van der Waals surface area contributed by atoms with Crippen molar-refractivity contribution in [3.63, 3.8) is 0 Å². The average molecular weight is 409 g/mol. The van der Waals surface area contributed by atoms with Crippen molar-refractivity contribution in [3.05, 3.63) is 33.3 Å². The predicted octanol–water partition coefficient (Wildman–Crippen LogP) is 3.90. The van der Waals surface area contributed by atoms with Crippen LogP contribution < -0.4 is 4.74 Å². The van der Waals surface area contributed by atoms with Crippen LogP contribution in [0.5, 0.6) is 5.75 Å². The normalized spacial score (nSPS) is 21.1. The standard InChI is InChI=1S/C18H18Cl2O4.K.H/c1-2-4-18-5-3-11(21)7-12(18)15-10(8-18)6-13(16(19)17(15)20)24-9-14(22)23;;/h6-7H,2-5,8-9H2,1H3,(H,22,23);;. The Morgan fingerprint density at radius 3 is 2.72 bits per heavy atom. The molecule has 0 aromatic heterocycles. The molecule has 3 rings (SSSR count). The van der Waals surface area contributed by atoms with Crippen molar-refractivity contribution in [1.82, 2.24) is 0 Å². The van der Waals surface area contributed by atoms with Crippen LogP contribution in [0.4, 0.5) is 0 Å². The van der Waals surface area contributed by atoms with Crippen molar-refractivity contribution in [3.8, 4) is 5.75 Å². The van der Waals surface area contributed by atoms with E-state index < -0.39 is 12.6 Å². The molecule has 0 saturated heterocycles. The van der Waals surface area contributed by atoms with Crippen LogP contribution in [0.15, 0.2) is 12.1 Å². The number of rotatable bonds is 5. The zero-order valence-electron chi connectivity index (χ0n) is 13.3. The van der Waals surface area contributed by atoms with E-state index in [-0.39, 0.29) is 73.4 Å². The van der Waals surface area contributed by atoms with E-state index in [0.717, 1.165) is 42.4 Å². The van der Waals surface area contributed by atoms with Crippen LogP contribution >= 0.6 is 23.2 Å². The summed E-state index contributed by atoms with van der Waals surface area (Å²) in [6, 6.07) is 1.77. The number of halogens is 2. The molecule has 1 N–H and O–H groups in total.